The average Bonchev–Trinajstić information content (AvgIpc) is 2.83. The van der Waals surface area contributed by atoms with Crippen molar-refractivity contribution in [2.75, 3.05) is 0 Å². The van der Waals surface area contributed by atoms with E-state index < -0.39 is 19.8 Å². The Hall–Kier alpha value is -2.78. The van der Waals surface area contributed by atoms with E-state index in [4.69, 9.17) is 9.05 Å². The number of benzene rings is 3. The minimum atomic E-state index is -3.49. The Balaban J connectivity index is 2.13. The molecule has 3 atom stereocenters. The van der Waals surface area contributed by atoms with Crippen molar-refractivity contribution in [1.29, 1.82) is 0 Å². The Morgan fingerprint density at radius 2 is 1.38 bits per heavy atom. The molecule has 168 valence electrons. The van der Waals surface area contributed by atoms with Gasteiger partial charge in [0.2, 0.25) is 0 Å². The summed E-state index contributed by atoms with van der Waals surface area (Å²) in [7, 11) is -3.49. The van der Waals surface area contributed by atoms with E-state index >= 15 is 0 Å². The summed E-state index contributed by atoms with van der Waals surface area (Å²) in [6, 6.07) is 28.2. The van der Waals surface area contributed by atoms with Gasteiger partial charge in [0.15, 0.2) is 0 Å². The molecule has 0 aliphatic rings. The first-order valence-electron chi connectivity index (χ1n) is 10.8. The molecule has 0 aliphatic carbocycles. The summed E-state index contributed by atoms with van der Waals surface area (Å²) in [4.78, 5) is 13.3. The topological polar surface area (TPSA) is 55.8 Å². The number of hydrogen-bond donors (Lipinski definition) is 1. The Labute approximate surface area is 191 Å². The van der Waals surface area contributed by atoms with Crippen LogP contribution in [0.5, 0.6) is 0 Å². The maximum atomic E-state index is 13.3. The zero-order chi connectivity index (χ0) is 23.0. The van der Waals surface area contributed by atoms with E-state index in [-0.39, 0.29) is 12.0 Å². The van der Waals surface area contributed by atoms with Crippen molar-refractivity contribution >= 4 is 24.3 Å². The number of carbonyl (C=O) groups excluding carboxylic acids is 1. The van der Waals surface area contributed by atoms with Gasteiger partial charge in [-0.3, -0.25) is 0 Å². The van der Waals surface area contributed by atoms with Gasteiger partial charge in [-0.2, -0.15) is 0 Å². The molecule has 4 nitrogen and oxygen atoms in total. The average molecular weight is 451 g/mol. The van der Waals surface area contributed by atoms with Crippen LogP contribution in [0.4, 0.5) is 0 Å². The predicted octanol–water partition coefficient (Wildman–Crippen LogP) is 5.05. The second kappa shape index (κ2) is 11.2. The Kier molecular flexibility index (Phi) is 8.35. The molecular weight excluding hydrogens is 419 g/mol. The van der Waals surface area contributed by atoms with E-state index in [0.717, 1.165) is 10.6 Å². The van der Waals surface area contributed by atoms with Crippen LogP contribution in [-0.2, 0) is 9.05 Å². The quantitative estimate of drug-likeness (QED) is 0.347. The van der Waals surface area contributed by atoms with Gasteiger partial charge in [0.1, 0.15) is 0 Å². The van der Waals surface area contributed by atoms with Gasteiger partial charge in [-0.15, -0.1) is 0 Å². The maximum absolute atomic E-state index is 13.3. The molecule has 3 aromatic rings. The molecule has 1 N–H and O–H groups in total. The van der Waals surface area contributed by atoms with Gasteiger partial charge in [0.05, 0.1) is 0 Å². The first kappa shape index (κ1) is 23.9. The number of carbonyl (C=O) groups is 1. The third-order valence-electron chi connectivity index (χ3n) is 5.57. The fraction of sp³-hybridized carbons (Fsp3) is 0.222. The van der Waals surface area contributed by atoms with E-state index in [1.807, 2.05) is 85.8 Å². The summed E-state index contributed by atoms with van der Waals surface area (Å²) in [6.45, 7) is 7.50. The number of hydrogen-bond acceptors (Lipinski definition) is 4. The fourth-order valence-electron chi connectivity index (χ4n) is 3.85. The second-order valence-corrected chi connectivity index (χ2v) is 10.7. The zero-order valence-electron chi connectivity index (χ0n) is 18.6. The van der Waals surface area contributed by atoms with Crippen molar-refractivity contribution in [3.63, 3.8) is 0 Å². The van der Waals surface area contributed by atoms with Gasteiger partial charge in [-0.05, 0) is 0 Å². The summed E-state index contributed by atoms with van der Waals surface area (Å²) in [5, 5.41) is 12.0. The number of rotatable bonds is 10. The molecular formula is C27H31O4P. The Bertz CT molecular complexity index is 950. The first-order valence-corrected chi connectivity index (χ1v) is 12.7. The van der Waals surface area contributed by atoms with Gasteiger partial charge < -0.3 is 0 Å². The zero-order valence-corrected chi connectivity index (χ0v) is 19.6. The molecule has 0 radical (unpaired) electrons. The van der Waals surface area contributed by atoms with Gasteiger partial charge in [-0.1, -0.05) is 0 Å². The van der Waals surface area contributed by atoms with E-state index in [1.165, 1.54) is 0 Å². The van der Waals surface area contributed by atoms with Crippen LogP contribution in [0.3, 0.4) is 0 Å². The van der Waals surface area contributed by atoms with E-state index in [1.54, 1.807) is 25.1 Å². The predicted molar refractivity (Wildman–Crippen MR) is 133 cm³/mol. The van der Waals surface area contributed by atoms with Crippen LogP contribution in [0.1, 0.15) is 30.6 Å². The molecule has 0 saturated heterocycles. The molecule has 3 unspecified atom stereocenters. The summed E-state index contributed by atoms with van der Waals surface area (Å²) < 4.78 is 13.1. The molecule has 0 saturated carbocycles. The van der Waals surface area contributed by atoms with Crippen molar-refractivity contribution in [3.8, 4) is 0 Å². The summed E-state index contributed by atoms with van der Waals surface area (Å²) >= 11 is 0. The number of aliphatic hydroxyl groups excluding tert-OH is 1. The van der Waals surface area contributed by atoms with Crippen molar-refractivity contribution in [2.24, 2.45) is 5.92 Å². The molecule has 0 spiro atoms. The van der Waals surface area contributed by atoms with E-state index in [9.17, 15) is 9.90 Å². The van der Waals surface area contributed by atoms with E-state index in [0.29, 0.717) is 12.0 Å². The molecule has 32 heavy (non-hydrogen) atoms. The first-order chi connectivity index (χ1) is 15.5. The van der Waals surface area contributed by atoms with Crippen LogP contribution >= 0.6 is 7.72 Å². The second-order valence-electron chi connectivity index (χ2n) is 7.86. The van der Waals surface area contributed by atoms with Crippen molar-refractivity contribution in [1.82, 2.24) is 0 Å². The van der Waals surface area contributed by atoms with Crippen molar-refractivity contribution < 1.29 is 18.9 Å². The van der Waals surface area contributed by atoms with Gasteiger partial charge >= 0.3 is 191 Å². The molecule has 5 heteroatoms. The van der Waals surface area contributed by atoms with Crippen LogP contribution in [0, 0.1) is 5.92 Å². The molecule has 0 fully saturated rings. The molecule has 0 heterocycles. The van der Waals surface area contributed by atoms with Crippen LogP contribution in [-0.4, -0.2) is 23.3 Å². The number of aliphatic hydroxyl groups is 1. The van der Waals surface area contributed by atoms with Gasteiger partial charge in [0.25, 0.3) is 0 Å². The number of allylic oxidation sites excluding steroid dienone is 1. The molecule has 0 bridgehead atoms. The normalized spacial score (nSPS) is 14.7. The van der Waals surface area contributed by atoms with E-state index in [2.05, 4.69) is 6.58 Å². The van der Waals surface area contributed by atoms with Crippen LogP contribution < -0.4 is 10.6 Å². The summed E-state index contributed by atoms with van der Waals surface area (Å²) in [6.07, 6.45) is 1.37. The fourth-order valence-corrected chi connectivity index (χ4v) is 7.08. The summed E-state index contributed by atoms with van der Waals surface area (Å²) in [5.41, 5.74) is 0.464. The Morgan fingerprint density at radius 1 is 0.906 bits per heavy atom. The monoisotopic (exact) mass is 450 g/mol. The standard InChI is InChI=1S/C27H31O4P/c1-4-14-26(21(2)28)22(3)30-32(24-17-10-6-11-18-24,25-19-12-7-13-20-25)31-27(29)23-15-8-5-9-16-23/h4-13,15-22,26,28,32H,1,14H2,2-3H3. The van der Waals surface area contributed by atoms with Gasteiger partial charge in [-0.25, -0.2) is 0 Å². The van der Waals surface area contributed by atoms with Crippen molar-refractivity contribution in [2.45, 2.75) is 32.5 Å². The summed E-state index contributed by atoms with van der Waals surface area (Å²) in [5.74, 6) is -0.628. The van der Waals surface area contributed by atoms with Crippen LogP contribution in [0.15, 0.2) is 104 Å². The third kappa shape index (κ3) is 5.52. The Morgan fingerprint density at radius 3 is 1.81 bits per heavy atom. The molecule has 0 aliphatic heterocycles. The van der Waals surface area contributed by atoms with Crippen LogP contribution in [0.2, 0.25) is 0 Å². The minimum absolute atomic E-state index is 0.192. The van der Waals surface area contributed by atoms with Crippen LogP contribution in [0.25, 0.3) is 0 Å². The molecule has 0 aromatic heterocycles. The third-order valence-corrected chi connectivity index (χ3v) is 8.93. The van der Waals surface area contributed by atoms with Gasteiger partial charge in [0, 0.05) is 0 Å². The molecule has 0 amide bonds. The molecule has 3 aromatic carbocycles. The molecule has 3 rings (SSSR count). The van der Waals surface area contributed by atoms with Crippen molar-refractivity contribution in [3.05, 3.63) is 109 Å². The SMILES string of the molecule is C=CCC(C(C)O)C(C)O[PH](OC(=O)c1ccccc1)(c1ccccc1)c1ccccc1.